The number of aromatic nitrogens is 23. The van der Waals surface area contributed by atoms with Crippen LogP contribution in [0.3, 0.4) is 0 Å². The van der Waals surface area contributed by atoms with Crippen LogP contribution in [0.2, 0.25) is 10.0 Å². The quantitative estimate of drug-likeness (QED) is 0.0117. The van der Waals surface area contributed by atoms with E-state index in [2.05, 4.69) is 92.3 Å². The van der Waals surface area contributed by atoms with Crippen LogP contribution in [0.1, 0.15) is 85.2 Å². The number of terminal acetylenes is 1. The van der Waals surface area contributed by atoms with Gasteiger partial charge in [-0.2, -0.15) is 0 Å². The standard InChI is InChI=1S/C19H14ClFN8O.C13H13N5O2.C11H9N5O2.C8H7ClFN3.C8H7ClN2.C8H7N5.C5H6O2.ClH.Li.H2O/c20-13-4-6-28-11-23-14(18(28)17(13)21)7-22-19(30)15-10-29(26-25-15)9-12-8-27-5-2-1-3-16(27)24-12;1-2-20-13(19)11-9-18(16-15-11)8-10-7-17-6-4-3-5-12(17)14-10;17-11(18)9-7-16(14-13-9)6-8-5-15-4-2-1-3-10(15)12-8;9-5-1-2-13-4-12-6(3-11)8(13)7(5)10;9-5-7-6-11-4-2-1-3-8(11)10-7;9-12-10-5-7-6-13-4-2-1-3-8(13)11-7;1-3-5(6)7-4-2;;;/h1-6,8,10-11H,7,9H2,(H,22,30);3-7,9H,2,8H2,1H3;1-5,7H,6H2,(H,17,18);1-2,4H,3,11H2;1-4,6H,5H2;1-4,6H,5H2;1H,4H2,2H3;1H;;1H2/q;;;;;;;;+1;/p-1. The van der Waals surface area contributed by atoms with Gasteiger partial charge in [0.1, 0.15) is 39.3 Å². The Labute approximate surface area is 682 Å². The first kappa shape index (κ1) is 87.1. The number of pyridine rings is 7. The van der Waals surface area contributed by atoms with Crippen molar-refractivity contribution >= 4 is 110 Å². The average Bonchev–Trinajstić information content (AvgIpc) is 1.68. The average molecular weight is 1640 g/mol. The molecule has 36 nitrogen and oxygen atoms in total. The van der Waals surface area contributed by atoms with Crippen LogP contribution in [0, 0.1) is 24.0 Å². The molecule has 1 amide bonds. The fourth-order valence-corrected chi connectivity index (χ4v) is 10.8. The Balaban J connectivity index is 0.000000174. The number of fused-ring (bicyclic) bond motifs is 7. The summed E-state index contributed by atoms with van der Waals surface area (Å²) in [6, 6.07) is 31.8. The van der Waals surface area contributed by atoms with E-state index in [0.29, 0.717) is 62.2 Å². The molecule has 0 aromatic carbocycles. The number of carboxylic acids is 1. The first-order valence-electron chi connectivity index (χ1n) is 33.4. The van der Waals surface area contributed by atoms with Crippen molar-refractivity contribution in [3.8, 4) is 12.3 Å². The van der Waals surface area contributed by atoms with Gasteiger partial charge in [-0.3, -0.25) is 4.79 Å². The number of nitrogens with two attached hydrogens (primary N) is 1. The minimum atomic E-state index is -1.09. The van der Waals surface area contributed by atoms with Gasteiger partial charge in [-0.1, -0.05) is 74.3 Å². The van der Waals surface area contributed by atoms with Crippen molar-refractivity contribution in [1.29, 1.82) is 0 Å². The summed E-state index contributed by atoms with van der Waals surface area (Å²) in [6.07, 6.45) is 34.4. The first-order chi connectivity index (χ1) is 54.4. The van der Waals surface area contributed by atoms with Crippen LogP contribution in [0.25, 0.3) is 49.7 Å². The van der Waals surface area contributed by atoms with E-state index in [4.69, 9.17) is 55.9 Å². The van der Waals surface area contributed by atoms with Crippen molar-refractivity contribution in [2.24, 2.45) is 10.8 Å². The molecule has 0 aliphatic heterocycles. The third-order valence-corrected chi connectivity index (χ3v) is 16.2. The van der Waals surface area contributed by atoms with E-state index in [-0.39, 0.29) is 82.5 Å². The maximum Gasteiger partial charge on any atom is 1.00 e. The molecule has 0 saturated carbocycles. The molecule has 43 heteroatoms. The Morgan fingerprint density at radius 3 is 1.33 bits per heavy atom. The van der Waals surface area contributed by atoms with Crippen molar-refractivity contribution in [3.63, 3.8) is 0 Å². The van der Waals surface area contributed by atoms with Gasteiger partial charge in [0, 0.05) is 91.7 Å². The van der Waals surface area contributed by atoms with Gasteiger partial charge < -0.3 is 61.9 Å². The number of carbonyl (C=O) groups excluding carboxylic acids is 3. The third-order valence-electron chi connectivity index (χ3n) is 15.4. The molecule has 0 bridgehead atoms. The SMILES string of the molecule is C#CC(=O)OCC.CCOC(=O)c1cn(Cc2cn3ccccc3n2)nn1.Cl.ClCc1cn2ccccc2n1.NCc1ncn2ccc(Cl)c(F)c12.O=C(NCc1ncn2ccc(Cl)c(F)c12)c1cn(Cc2cn3ccccc3n2)nn1.O=C(O)c1cn(Cc2cn3ccccc3n2)nn1.[Li+].[N-]=[N+]=NCc1cn2ccccc2n1.[OH-]. The van der Waals surface area contributed by atoms with Crippen LogP contribution in [0.15, 0.2) is 214 Å². The second kappa shape index (κ2) is 42.3. The Hall–Kier alpha value is -13.5. The third kappa shape index (κ3) is 23.1. The number of esters is 2. The summed E-state index contributed by atoms with van der Waals surface area (Å²) >= 11 is 17.1. The number of rotatable bonds is 17. The maximum atomic E-state index is 14.3. The topological polar surface area (TPSA) is 437 Å². The number of carbonyl (C=O) groups is 4. The molecule has 5 N–H and O–H groups in total. The van der Waals surface area contributed by atoms with Crippen LogP contribution >= 0.6 is 47.2 Å². The summed E-state index contributed by atoms with van der Waals surface area (Å²) in [5.41, 5.74) is 23.7. The van der Waals surface area contributed by atoms with E-state index in [1.807, 2.05) is 175 Å². The molecule has 0 unspecified atom stereocenters. The van der Waals surface area contributed by atoms with Gasteiger partial charge in [0.25, 0.3) is 5.91 Å². The molecular weight excluding hydrogens is 1570 g/mol. The summed E-state index contributed by atoms with van der Waals surface area (Å²) in [7, 11) is 0. The summed E-state index contributed by atoms with van der Waals surface area (Å²) < 4.78 is 54.1. The van der Waals surface area contributed by atoms with E-state index in [9.17, 15) is 28.0 Å². The molecule has 0 aliphatic rings. The normalized spacial score (nSPS) is 10.4. The van der Waals surface area contributed by atoms with E-state index in [1.165, 1.54) is 50.9 Å². The molecule has 0 atom stereocenters. The summed E-state index contributed by atoms with van der Waals surface area (Å²) in [4.78, 5) is 77.2. The zero-order valence-corrected chi connectivity index (χ0v) is 64.0. The van der Waals surface area contributed by atoms with Crippen molar-refractivity contribution in [1.82, 2.24) is 116 Å². The number of nitrogens with one attached hydrogen (secondary N) is 1. The van der Waals surface area contributed by atoms with Gasteiger partial charge >= 0.3 is 36.8 Å². The van der Waals surface area contributed by atoms with Gasteiger partial charge in [-0.05, 0) is 92.2 Å². The Morgan fingerprint density at radius 2 is 0.939 bits per heavy atom. The second-order valence-corrected chi connectivity index (χ2v) is 24.1. The van der Waals surface area contributed by atoms with Crippen molar-refractivity contribution < 1.29 is 66.9 Å². The fraction of sp³-hybridized carbons (Fsp3) is 0.153. The van der Waals surface area contributed by atoms with Gasteiger partial charge in [0.2, 0.25) is 0 Å². The van der Waals surface area contributed by atoms with Gasteiger partial charge in [-0.25, -0.2) is 72.1 Å². The van der Waals surface area contributed by atoms with E-state index >= 15 is 0 Å². The maximum absolute atomic E-state index is 14.3. The molecule has 115 heavy (non-hydrogen) atoms. The Kier molecular flexibility index (Phi) is 32.0. The molecule has 584 valence electrons. The predicted octanol–water partition coefficient (Wildman–Crippen LogP) is 7.40. The number of halogens is 6. The molecule has 17 aromatic rings. The molecule has 0 saturated heterocycles. The van der Waals surface area contributed by atoms with Gasteiger partial charge in [0.15, 0.2) is 28.7 Å². The summed E-state index contributed by atoms with van der Waals surface area (Å²) in [6.45, 7) is 5.86. The predicted molar refractivity (Wildman–Crippen MR) is 413 cm³/mol. The summed E-state index contributed by atoms with van der Waals surface area (Å²) in [5.74, 6) is -1.37. The number of aromatic carboxylic acids is 1. The summed E-state index contributed by atoms with van der Waals surface area (Å²) in [5, 5.41) is 37.8. The molecule has 17 heterocycles. The number of imidazole rings is 7. The van der Waals surface area contributed by atoms with Crippen molar-refractivity contribution in [3.05, 3.63) is 298 Å². The molecule has 17 aromatic heterocycles. The zero-order valence-electron chi connectivity index (χ0n) is 60.9. The van der Waals surface area contributed by atoms with Crippen LogP contribution in [0.4, 0.5) is 8.78 Å². The van der Waals surface area contributed by atoms with E-state index in [1.54, 1.807) is 47.4 Å². The van der Waals surface area contributed by atoms with E-state index < -0.39 is 35.4 Å². The van der Waals surface area contributed by atoms with Crippen LogP contribution < -0.4 is 29.9 Å². The number of alkyl halides is 1. The molecule has 0 aliphatic carbocycles. The van der Waals surface area contributed by atoms with Gasteiger partial charge in [-0.15, -0.1) is 45.7 Å². The molecule has 17 rings (SSSR count). The number of hydrogen-bond donors (Lipinski definition) is 3. The Morgan fingerprint density at radius 1 is 0.557 bits per heavy atom. The van der Waals surface area contributed by atoms with Crippen LogP contribution in [0.5, 0.6) is 0 Å². The number of ether oxygens (including phenoxy) is 2. The van der Waals surface area contributed by atoms with E-state index in [0.717, 1.165) is 56.7 Å². The molecule has 0 spiro atoms. The minimum Gasteiger partial charge on any atom is -0.870 e. The molecular formula is C72H65Cl4F2LiN28O8. The second-order valence-electron chi connectivity index (χ2n) is 23.0. The zero-order chi connectivity index (χ0) is 79.0. The van der Waals surface area contributed by atoms with Crippen LogP contribution in [-0.4, -0.2) is 158 Å². The van der Waals surface area contributed by atoms with Crippen LogP contribution in [-0.2, 0) is 59.4 Å². The minimum absolute atomic E-state index is 0. The molecule has 0 radical (unpaired) electrons. The number of azide groups is 1. The number of hydrogen-bond acceptors (Lipinski definition) is 22. The Bertz CT molecular complexity index is 6050. The largest absolute Gasteiger partial charge is 1.00 e. The number of nitrogens with zero attached hydrogens (tertiary/aromatic N) is 26. The monoisotopic (exact) mass is 1630 g/mol. The molecule has 0 fully saturated rings. The smallest absolute Gasteiger partial charge is 0.870 e. The first-order valence-corrected chi connectivity index (χ1v) is 34.7. The van der Waals surface area contributed by atoms with Crippen molar-refractivity contribution in [2.75, 3.05) is 13.2 Å². The van der Waals surface area contributed by atoms with Gasteiger partial charge in [0.05, 0.1) is 133 Å². The number of amides is 1. The fourth-order valence-electron chi connectivity index (χ4n) is 10.4. The van der Waals surface area contributed by atoms with Crippen molar-refractivity contribution in [2.45, 2.75) is 59.0 Å². The number of carboxylic acid groups (broad SMARTS) is 1.